The van der Waals surface area contributed by atoms with Gasteiger partial charge < -0.3 is 25.4 Å². The van der Waals surface area contributed by atoms with Crippen LogP contribution in [-0.4, -0.2) is 65.5 Å². The van der Waals surface area contributed by atoms with Crippen molar-refractivity contribution in [1.29, 1.82) is 0 Å². The van der Waals surface area contributed by atoms with E-state index in [4.69, 9.17) is 21.4 Å². The van der Waals surface area contributed by atoms with Crippen LogP contribution in [0.1, 0.15) is 16.8 Å². The Hall–Kier alpha value is -2.65. The van der Waals surface area contributed by atoms with Gasteiger partial charge in [0.1, 0.15) is 19.3 Å². The van der Waals surface area contributed by atoms with Crippen LogP contribution in [0.4, 0.5) is 5.69 Å². The zero-order valence-corrected chi connectivity index (χ0v) is 14.3. The number of ether oxygens (including phenoxy) is 1. The highest BCUT2D eigenvalue weighted by Gasteiger charge is 2.45. The Kier molecular flexibility index (Phi) is 5.10. The van der Waals surface area contributed by atoms with Crippen molar-refractivity contribution < 1.29 is 29.0 Å². The monoisotopic (exact) mass is 381 g/mol. The molecule has 1 aromatic rings. The molecule has 0 unspecified atom stereocenters. The number of nitrogens with one attached hydrogen (secondary N) is 2. The summed E-state index contributed by atoms with van der Waals surface area (Å²) in [5.41, 5.74) is 0.666. The molecule has 1 fully saturated rings. The number of benzene rings is 1. The van der Waals surface area contributed by atoms with Gasteiger partial charge in [-0.1, -0.05) is 11.6 Å². The van der Waals surface area contributed by atoms with Gasteiger partial charge in [0.25, 0.3) is 5.91 Å². The molecule has 2 heterocycles. The van der Waals surface area contributed by atoms with Crippen LogP contribution in [0.5, 0.6) is 0 Å². The van der Waals surface area contributed by atoms with E-state index in [0.717, 1.165) is 0 Å². The fourth-order valence-electron chi connectivity index (χ4n) is 3.14. The van der Waals surface area contributed by atoms with Crippen molar-refractivity contribution in [1.82, 2.24) is 10.2 Å². The molecule has 0 aliphatic carbocycles. The molecule has 10 heteroatoms. The Balaban J connectivity index is 1.73. The number of anilines is 1. The number of fused-ring (bicyclic) bond motifs is 2. The van der Waals surface area contributed by atoms with Gasteiger partial charge in [-0.3, -0.25) is 14.4 Å². The second-order valence-corrected chi connectivity index (χ2v) is 6.41. The van der Waals surface area contributed by atoms with E-state index < -0.39 is 43.1 Å². The molecule has 0 saturated carbocycles. The number of amides is 3. The van der Waals surface area contributed by atoms with Gasteiger partial charge in [0.2, 0.25) is 11.8 Å². The van der Waals surface area contributed by atoms with Gasteiger partial charge >= 0.3 is 5.97 Å². The fraction of sp³-hybridized carbons (Fsp3) is 0.375. The first-order valence-electron chi connectivity index (χ1n) is 7.87. The highest BCUT2D eigenvalue weighted by Crippen LogP contribution is 2.30. The zero-order chi connectivity index (χ0) is 18.8. The summed E-state index contributed by atoms with van der Waals surface area (Å²) in [6, 6.07) is 3.16. The summed E-state index contributed by atoms with van der Waals surface area (Å²) in [5, 5.41) is 14.2. The standard InChI is InChI=1S/C16H16ClN3O6/c17-8-1-2-9-11(5-8)19-15(24)14-10(3-4-20(14)16(9)25)18-12(21)6-26-7-13(22)23/h1-2,5,10,14H,3-4,6-7H2,(H,18,21)(H,19,24)(H,22,23)/t10-,14+/m0/s1. The molecule has 3 amide bonds. The van der Waals surface area contributed by atoms with Crippen LogP contribution in [-0.2, 0) is 19.1 Å². The van der Waals surface area contributed by atoms with E-state index in [9.17, 15) is 19.2 Å². The second-order valence-electron chi connectivity index (χ2n) is 5.97. The SMILES string of the molecule is O=C(O)COCC(=O)N[C@H]1CCN2C(=O)c3ccc(Cl)cc3NC(=O)[C@@H]12. The van der Waals surface area contributed by atoms with E-state index in [1.165, 1.54) is 11.0 Å². The summed E-state index contributed by atoms with van der Waals surface area (Å²) in [6.45, 7) is -0.733. The van der Waals surface area contributed by atoms with Gasteiger partial charge in [0.05, 0.1) is 17.3 Å². The number of halogens is 1. The van der Waals surface area contributed by atoms with E-state index in [1.54, 1.807) is 12.1 Å². The molecule has 2 aliphatic heterocycles. The van der Waals surface area contributed by atoms with Crippen molar-refractivity contribution in [3.8, 4) is 0 Å². The van der Waals surface area contributed by atoms with Gasteiger partial charge in [-0.05, 0) is 24.6 Å². The van der Waals surface area contributed by atoms with E-state index in [1.807, 2.05) is 0 Å². The van der Waals surface area contributed by atoms with Crippen molar-refractivity contribution in [2.75, 3.05) is 25.1 Å². The maximum absolute atomic E-state index is 12.7. The van der Waals surface area contributed by atoms with Crippen LogP contribution in [0.2, 0.25) is 5.02 Å². The molecule has 26 heavy (non-hydrogen) atoms. The van der Waals surface area contributed by atoms with Crippen LogP contribution >= 0.6 is 11.6 Å². The summed E-state index contributed by atoms with van der Waals surface area (Å²) >= 11 is 5.93. The number of carboxylic acids is 1. The quantitative estimate of drug-likeness (QED) is 0.664. The lowest BCUT2D eigenvalue weighted by Crippen LogP contribution is -2.52. The molecule has 1 saturated heterocycles. The minimum absolute atomic E-state index is 0.305. The fourth-order valence-corrected chi connectivity index (χ4v) is 3.31. The van der Waals surface area contributed by atoms with Crippen LogP contribution in [0.15, 0.2) is 18.2 Å². The van der Waals surface area contributed by atoms with Crippen LogP contribution in [0, 0.1) is 0 Å². The largest absolute Gasteiger partial charge is 0.480 e. The molecular weight excluding hydrogens is 366 g/mol. The van der Waals surface area contributed by atoms with Crippen molar-refractivity contribution in [2.45, 2.75) is 18.5 Å². The van der Waals surface area contributed by atoms with Gasteiger partial charge in [-0.2, -0.15) is 0 Å². The number of rotatable bonds is 5. The van der Waals surface area contributed by atoms with Crippen molar-refractivity contribution >= 4 is 41.0 Å². The molecule has 2 atom stereocenters. The topological polar surface area (TPSA) is 125 Å². The minimum atomic E-state index is -1.19. The molecule has 0 spiro atoms. The number of nitrogens with zero attached hydrogens (tertiary/aromatic N) is 1. The Morgan fingerprint density at radius 3 is 2.85 bits per heavy atom. The number of aliphatic carboxylic acids is 1. The van der Waals surface area contributed by atoms with E-state index in [2.05, 4.69) is 10.6 Å². The van der Waals surface area contributed by atoms with Gasteiger partial charge in [-0.15, -0.1) is 0 Å². The highest BCUT2D eigenvalue weighted by molar-refractivity contribution is 6.31. The third-order valence-corrected chi connectivity index (χ3v) is 4.44. The van der Waals surface area contributed by atoms with Crippen LogP contribution in [0.3, 0.4) is 0 Å². The maximum Gasteiger partial charge on any atom is 0.329 e. The van der Waals surface area contributed by atoms with Crippen molar-refractivity contribution in [3.05, 3.63) is 28.8 Å². The lowest BCUT2D eigenvalue weighted by Gasteiger charge is -2.24. The Morgan fingerprint density at radius 1 is 1.35 bits per heavy atom. The van der Waals surface area contributed by atoms with E-state index >= 15 is 0 Å². The Labute approximate surface area is 153 Å². The van der Waals surface area contributed by atoms with Crippen molar-refractivity contribution in [2.24, 2.45) is 0 Å². The smallest absolute Gasteiger partial charge is 0.329 e. The van der Waals surface area contributed by atoms with Crippen molar-refractivity contribution in [3.63, 3.8) is 0 Å². The third kappa shape index (κ3) is 3.63. The lowest BCUT2D eigenvalue weighted by molar-refractivity contribution is -0.143. The number of carbonyl (C=O) groups excluding carboxylic acids is 3. The first-order valence-corrected chi connectivity index (χ1v) is 8.25. The van der Waals surface area contributed by atoms with Gasteiger partial charge in [0, 0.05) is 11.6 Å². The molecule has 0 bridgehead atoms. The summed E-state index contributed by atoms with van der Waals surface area (Å²) in [7, 11) is 0. The molecular formula is C16H16ClN3O6. The summed E-state index contributed by atoms with van der Waals surface area (Å²) in [5.74, 6) is -2.48. The first kappa shape index (κ1) is 18.2. The first-order chi connectivity index (χ1) is 12.4. The van der Waals surface area contributed by atoms with Crippen LogP contribution in [0.25, 0.3) is 0 Å². The van der Waals surface area contributed by atoms with Gasteiger partial charge in [-0.25, -0.2) is 4.79 Å². The normalized spacial score (nSPS) is 21.5. The number of hydrogen-bond acceptors (Lipinski definition) is 5. The molecule has 0 radical (unpaired) electrons. The predicted molar refractivity (Wildman–Crippen MR) is 89.9 cm³/mol. The summed E-state index contributed by atoms with van der Waals surface area (Å²) in [6.07, 6.45) is 0.400. The predicted octanol–water partition coefficient (Wildman–Crippen LogP) is 0.0926. The number of carboxylic acid groups (broad SMARTS) is 1. The number of hydrogen-bond donors (Lipinski definition) is 3. The highest BCUT2D eigenvalue weighted by atomic mass is 35.5. The average molecular weight is 382 g/mol. The van der Waals surface area contributed by atoms with Gasteiger partial charge in [0.15, 0.2) is 0 Å². The number of carbonyl (C=O) groups is 4. The maximum atomic E-state index is 12.7. The minimum Gasteiger partial charge on any atom is -0.480 e. The lowest BCUT2D eigenvalue weighted by atomic mass is 10.1. The van der Waals surface area contributed by atoms with E-state index in [-0.39, 0.29) is 5.91 Å². The molecule has 2 aliphatic rings. The van der Waals surface area contributed by atoms with E-state index in [0.29, 0.717) is 29.2 Å². The van der Waals surface area contributed by atoms with Crippen LogP contribution < -0.4 is 10.6 Å². The Morgan fingerprint density at radius 2 is 2.12 bits per heavy atom. The molecule has 3 rings (SSSR count). The third-order valence-electron chi connectivity index (χ3n) is 4.20. The molecule has 9 nitrogen and oxygen atoms in total. The Bertz CT molecular complexity index is 783. The average Bonchev–Trinajstić information content (AvgIpc) is 2.93. The second kappa shape index (κ2) is 7.30. The molecule has 3 N–H and O–H groups in total. The molecule has 1 aromatic carbocycles. The zero-order valence-electron chi connectivity index (χ0n) is 13.5. The molecule has 138 valence electrons. The molecule has 0 aromatic heterocycles. The summed E-state index contributed by atoms with van der Waals surface area (Å²) < 4.78 is 4.73. The summed E-state index contributed by atoms with van der Waals surface area (Å²) in [4.78, 5) is 49.1.